The molecule has 2 aliphatic rings. The van der Waals surface area contributed by atoms with Crippen molar-refractivity contribution in [2.75, 3.05) is 47.0 Å². The summed E-state index contributed by atoms with van der Waals surface area (Å²) in [7, 11) is 3.25. The highest BCUT2D eigenvalue weighted by Crippen LogP contribution is 2.33. The zero-order valence-corrected chi connectivity index (χ0v) is 14.4. The molecule has 24 heavy (non-hydrogen) atoms. The molecule has 1 aromatic carbocycles. The molecule has 0 radical (unpaired) electrons. The number of carbonyl (C=O) groups is 2. The van der Waals surface area contributed by atoms with Crippen LogP contribution in [0.5, 0.6) is 5.75 Å². The van der Waals surface area contributed by atoms with Gasteiger partial charge >= 0.3 is 0 Å². The Morgan fingerprint density at radius 2 is 2.04 bits per heavy atom. The Bertz CT molecular complexity index is 646. The van der Waals surface area contributed by atoms with Crippen molar-refractivity contribution in [1.29, 1.82) is 0 Å². The maximum atomic E-state index is 12.8. The van der Waals surface area contributed by atoms with Gasteiger partial charge in [-0.1, -0.05) is 0 Å². The van der Waals surface area contributed by atoms with E-state index in [1.165, 1.54) is 0 Å². The third-order valence-electron chi connectivity index (χ3n) is 5.04. The maximum absolute atomic E-state index is 12.8. The van der Waals surface area contributed by atoms with Crippen molar-refractivity contribution in [3.05, 3.63) is 29.3 Å². The summed E-state index contributed by atoms with van der Waals surface area (Å²) in [5.41, 5.74) is 1.57. The van der Waals surface area contributed by atoms with Crippen LogP contribution in [0, 0.1) is 18.8 Å². The number of aryl methyl sites for hydroxylation is 1. The molecule has 0 aliphatic carbocycles. The molecular formula is C18H24N2O4. The molecule has 130 valence electrons. The summed E-state index contributed by atoms with van der Waals surface area (Å²) in [4.78, 5) is 28.9. The van der Waals surface area contributed by atoms with Gasteiger partial charge in [-0.05, 0) is 30.7 Å². The van der Waals surface area contributed by atoms with Crippen molar-refractivity contribution in [2.45, 2.75) is 6.92 Å². The summed E-state index contributed by atoms with van der Waals surface area (Å²) in [5, 5.41) is 0. The second kappa shape index (κ2) is 6.81. The Kier molecular flexibility index (Phi) is 4.76. The van der Waals surface area contributed by atoms with Crippen LogP contribution in [0.1, 0.15) is 15.9 Å². The van der Waals surface area contributed by atoms with Crippen molar-refractivity contribution in [2.24, 2.45) is 11.8 Å². The van der Waals surface area contributed by atoms with E-state index in [4.69, 9.17) is 9.47 Å². The van der Waals surface area contributed by atoms with Gasteiger partial charge in [0, 0.05) is 44.8 Å². The van der Waals surface area contributed by atoms with Crippen LogP contribution in [0.4, 0.5) is 0 Å². The van der Waals surface area contributed by atoms with E-state index in [-0.39, 0.29) is 23.7 Å². The van der Waals surface area contributed by atoms with Crippen molar-refractivity contribution in [3.8, 4) is 5.75 Å². The standard InChI is InChI=1S/C18H24N2O4/c1-12-8-14(24-3)4-5-15(12)17(21)20-10-13-9-19(6-7-23-2)18(22)16(13)11-20/h4-5,8,13,16H,6-7,9-11H2,1-3H3/t13-,16+/m1/s1. The highest BCUT2D eigenvalue weighted by atomic mass is 16.5. The van der Waals surface area contributed by atoms with E-state index >= 15 is 0 Å². The Hall–Kier alpha value is -2.08. The predicted octanol–water partition coefficient (Wildman–Crippen LogP) is 1.18. The molecule has 2 heterocycles. The van der Waals surface area contributed by atoms with Gasteiger partial charge in [0.05, 0.1) is 19.6 Å². The van der Waals surface area contributed by atoms with Gasteiger partial charge in [-0.3, -0.25) is 9.59 Å². The first kappa shape index (κ1) is 16.8. The Balaban J connectivity index is 1.67. The molecule has 0 N–H and O–H groups in total. The minimum absolute atomic E-state index is 0.000736. The van der Waals surface area contributed by atoms with Crippen LogP contribution >= 0.6 is 0 Å². The molecule has 0 bridgehead atoms. The largest absolute Gasteiger partial charge is 0.497 e. The summed E-state index contributed by atoms with van der Waals surface area (Å²) >= 11 is 0. The molecule has 1 aromatic rings. The SMILES string of the molecule is COCCN1C[C@@H]2CN(C(=O)c3ccc(OC)cc3C)C[C@@H]2C1=O. The monoisotopic (exact) mass is 332 g/mol. The number of hydrogen-bond acceptors (Lipinski definition) is 4. The summed E-state index contributed by atoms with van der Waals surface area (Å²) in [5.74, 6) is 1.06. The number of carbonyl (C=O) groups excluding carboxylic acids is 2. The smallest absolute Gasteiger partial charge is 0.254 e. The number of likely N-dealkylation sites (tertiary alicyclic amines) is 2. The van der Waals surface area contributed by atoms with Gasteiger partial charge in [-0.15, -0.1) is 0 Å². The molecule has 2 fully saturated rings. The fraction of sp³-hybridized carbons (Fsp3) is 0.556. The number of nitrogens with zero attached hydrogens (tertiary/aromatic N) is 2. The number of fused-ring (bicyclic) bond motifs is 1. The number of ether oxygens (including phenoxy) is 2. The second-order valence-electron chi connectivity index (χ2n) is 6.53. The van der Waals surface area contributed by atoms with Crippen LogP contribution in [-0.2, 0) is 9.53 Å². The normalized spacial score (nSPS) is 22.9. The molecule has 0 spiro atoms. The number of amides is 2. The molecule has 3 rings (SSSR count). The molecule has 2 amide bonds. The van der Waals surface area contributed by atoms with Crippen molar-refractivity contribution in [1.82, 2.24) is 9.80 Å². The first-order valence-electron chi connectivity index (χ1n) is 8.26. The molecule has 2 aliphatic heterocycles. The third-order valence-corrected chi connectivity index (χ3v) is 5.04. The van der Waals surface area contributed by atoms with E-state index in [9.17, 15) is 9.59 Å². The van der Waals surface area contributed by atoms with Crippen LogP contribution in [0.15, 0.2) is 18.2 Å². The molecule has 6 heteroatoms. The van der Waals surface area contributed by atoms with Gasteiger partial charge in [0.25, 0.3) is 5.91 Å². The molecule has 2 saturated heterocycles. The fourth-order valence-corrected chi connectivity index (χ4v) is 3.69. The second-order valence-corrected chi connectivity index (χ2v) is 6.53. The highest BCUT2D eigenvalue weighted by Gasteiger charge is 2.47. The highest BCUT2D eigenvalue weighted by molar-refractivity contribution is 5.96. The quantitative estimate of drug-likeness (QED) is 0.812. The number of benzene rings is 1. The van der Waals surface area contributed by atoms with E-state index in [0.717, 1.165) is 17.9 Å². The average Bonchev–Trinajstić information content (AvgIpc) is 3.12. The Morgan fingerprint density at radius 1 is 1.25 bits per heavy atom. The molecule has 6 nitrogen and oxygen atoms in total. The number of rotatable bonds is 5. The van der Waals surface area contributed by atoms with Crippen LogP contribution in [0.25, 0.3) is 0 Å². The predicted molar refractivity (Wildman–Crippen MR) is 89.1 cm³/mol. The van der Waals surface area contributed by atoms with Crippen molar-refractivity contribution < 1.29 is 19.1 Å². The molecule has 0 aromatic heterocycles. The van der Waals surface area contributed by atoms with Gasteiger partial charge in [0.15, 0.2) is 0 Å². The van der Waals surface area contributed by atoms with Gasteiger partial charge in [0.1, 0.15) is 5.75 Å². The number of methoxy groups -OCH3 is 2. The minimum atomic E-state index is -0.0654. The first-order valence-corrected chi connectivity index (χ1v) is 8.26. The Labute approximate surface area is 142 Å². The van der Waals surface area contributed by atoms with E-state index in [1.54, 1.807) is 26.4 Å². The lowest BCUT2D eigenvalue weighted by Gasteiger charge is -2.22. The zero-order valence-electron chi connectivity index (χ0n) is 14.4. The third kappa shape index (κ3) is 2.98. The van der Waals surface area contributed by atoms with E-state index < -0.39 is 0 Å². The van der Waals surface area contributed by atoms with Crippen molar-refractivity contribution >= 4 is 11.8 Å². The number of hydrogen-bond donors (Lipinski definition) is 0. The van der Waals surface area contributed by atoms with E-state index in [1.807, 2.05) is 22.8 Å². The van der Waals surface area contributed by atoms with Gasteiger partial charge in [-0.2, -0.15) is 0 Å². The Morgan fingerprint density at radius 3 is 2.67 bits per heavy atom. The van der Waals surface area contributed by atoms with E-state index in [2.05, 4.69) is 0 Å². The van der Waals surface area contributed by atoms with Crippen LogP contribution in [-0.4, -0.2) is 68.6 Å². The molecule has 0 saturated carbocycles. The fourth-order valence-electron chi connectivity index (χ4n) is 3.69. The average molecular weight is 332 g/mol. The maximum Gasteiger partial charge on any atom is 0.254 e. The summed E-state index contributed by atoms with van der Waals surface area (Å²) in [6.45, 7) is 4.97. The molecule has 0 unspecified atom stereocenters. The lowest BCUT2D eigenvalue weighted by molar-refractivity contribution is -0.131. The topological polar surface area (TPSA) is 59.1 Å². The molecule has 2 atom stereocenters. The summed E-state index contributed by atoms with van der Waals surface area (Å²) in [6, 6.07) is 5.47. The van der Waals surface area contributed by atoms with Crippen molar-refractivity contribution in [3.63, 3.8) is 0 Å². The van der Waals surface area contributed by atoms with Crippen LogP contribution in [0.2, 0.25) is 0 Å². The lowest BCUT2D eigenvalue weighted by Crippen LogP contribution is -2.37. The van der Waals surface area contributed by atoms with Gasteiger partial charge in [-0.25, -0.2) is 0 Å². The van der Waals surface area contributed by atoms with Crippen LogP contribution < -0.4 is 4.74 Å². The molecular weight excluding hydrogens is 308 g/mol. The van der Waals surface area contributed by atoms with Gasteiger partial charge in [0.2, 0.25) is 5.91 Å². The summed E-state index contributed by atoms with van der Waals surface area (Å²) < 4.78 is 10.2. The van der Waals surface area contributed by atoms with Gasteiger partial charge < -0.3 is 19.3 Å². The summed E-state index contributed by atoms with van der Waals surface area (Å²) in [6.07, 6.45) is 0. The minimum Gasteiger partial charge on any atom is -0.497 e. The van der Waals surface area contributed by atoms with E-state index in [0.29, 0.717) is 31.8 Å². The lowest BCUT2D eigenvalue weighted by atomic mass is 10.0. The van der Waals surface area contributed by atoms with Crippen LogP contribution in [0.3, 0.4) is 0 Å². The first-order chi connectivity index (χ1) is 11.5. The zero-order chi connectivity index (χ0) is 17.3.